The molecule has 2 rings (SSSR count). The Labute approximate surface area is 158 Å². The number of carbonyl (C=O) groups excluding carboxylic acids is 2. The smallest absolute Gasteiger partial charge is 0.256 e. The molecule has 1 aliphatic heterocycles. The molecule has 3 N–H and O–H groups in total. The number of benzene rings is 1. The van der Waals surface area contributed by atoms with E-state index >= 15 is 0 Å². The third-order valence-corrected chi connectivity index (χ3v) is 4.47. The van der Waals surface area contributed by atoms with E-state index in [9.17, 15) is 19.1 Å². The second-order valence-corrected chi connectivity index (χ2v) is 7.14. The van der Waals surface area contributed by atoms with E-state index in [4.69, 9.17) is 4.74 Å². The highest BCUT2D eigenvalue weighted by molar-refractivity contribution is 5.86. The van der Waals surface area contributed by atoms with E-state index in [-0.39, 0.29) is 31.6 Å². The first-order valence-electron chi connectivity index (χ1n) is 9.09. The number of nitrogens with one attached hydrogen (secondary N) is 2. The number of carbonyl (C=O) groups is 2. The lowest BCUT2D eigenvalue weighted by molar-refractivity contribution is -0.157. The molecule has 0 radical (unpaired) electrons. The van der Waals surface area contributed by atoms with Crippen molar-refractivity contribution < 1.29 is 23.8 Å². The van der Waals surface area contributed by atoms with Gasteiger partial charge in [0.15, 0.2) is 5.60 Å². The van der Waals surface area contributed by atoms with E-state index in [1.165, 1.54) is 24.1 Å². The van der Waals surface area contributed by atoms with Gasteiger partial charge in [-0.15, -0.1) is 0 Å². The van der Waals surface area contributed by atoms with Gasteiger partial charge >= 0.3 is 0 Å². The minimum atomic E-state index is -1.61. The molecular formula is C19H28FN3O4. The van der Waals surface area contributed by atoms with Crippen LogP contribution in [0.25, 0.3) is 0 Å². The summed E-state index contributed by atoms with van der Waals surface area (Å²) in [5, 5.41) is 16.3. The number of nitrogens with zero attached hydrogens (tertiary/aromatic N) is 1. The predicted molar refractivity (Wildman–Crippen MR) is 98.7 cm³/mol. The first-order valence-corrected chi connectivity index (χ1v) is 9.09. The van der Waals surface area contributed by atoms with Crippen LogP contribution in [0.15, 0.2) is 18.2 Å². The molecule has 1 aliphatic rings. The van der Waals surface area contributed by atoms with Crippen molar-refractivity contribution in [3.05, 3.63) is 29.6 Å². The molecule has 0 aromatic heterocycles. The van der Waals surface area contributed by atoms with E-state index in [1.807, 2.05) is 13.8 Å². The second kappa shape index (κ2) is 9.14. The van der Waals surface area contributed by atoms with E-state index in [0.29, 0.717) is 30.7 Å². The summed E-state index contributed by atoms with van der Waals surface area (Å²) in [4.78, 5) is 25.9. The van der Waals surface area contributed by atoms with Gasteiger partial charge in [0.1, 0.15) is 11.6 Å². The Hall–Kier alpha value is -2.19. The average molecular weight is 381 g/mol. The highest BCUT2D eigenvalue weighted by Gasteiger charge is 2.42. The predicted octanol–water partition coefficient (Wildman–Crippen LogP) is 0.802. The van der Waals surface area contributed by atoms with Crippen molar-refractivity contribution in [2.75, 3.05) is 26.7 Å². The number of amides is 2. The summed E-state index contributed by atoms with van der Waals surface area (Å²) in [6, 6.07) is 4.38. The van der Waals surface area contributed by atoms with Gasteiger partial charge in [-0.25, -0.2) is 4.39 Å². The average Bonchev–Trinajstić information content (AvgIpc) is 2.60. The van der Waals surface area contributed by atoms with E-state index in [0.717, 1.165) is 0 Å². The van der Waals surface area contributed by atoms with Crippen LogP contribution >= 0.6 is 0 Å². The molecule has 8 heteroatoms. The fourth-order valence-electron chi connectivity index (χ4n) is 3.14. The van der Waals surface area contributed by atoms with Crippen LogP contribution < -0.4 is 15.4 Å². The summed E-state index contributed by atoms with van der Waals surface area (Å²) in [5.41, 5.74) is -1.28. The van der Waals surface area contributed by atoms with Crippen molar-refractivity contribution in [3.8, 4) is 5.75 Å². The zero-order chi connectivity index (χ0) is 20.0. The number of rotatable bonds is 8. The molecule has 0 spiro atoms. The molecule has 0 bridgehead atoms. The molecule has 1 heterocycles. The third kappa shape index (κ3) is 5.64. The van der Waals surface area contributed by atoms with Crippen molar-refractivity contribution in [2.24, 2.45) is 0 Å². The highest BCUT2D eigenvalue weighted by atomic mass is 19.1. The van der Waals surface area contributed by atoms with Gasteiger partial charge in [-0.2, -0.15) is 0 Å². The lowest BCUT2D eigenvalue weighted by Gasteiger charge is -2.38. The molecule has 1 saturated heterocycles. The van der Waals surface area contributed by atoms with Crippen molar-refractivity contribution in [1.29, 1.82) is 0 Å². The first-order chi connectivity index (χ1) is 12.7. The number of methoxy groups -OCH3 is 1. The third-order valence-electron chi connectivity index (χ3n) is 4.47. The largest absolute Gasteiger partial charge is 0.497 e. The number of piperidine rings is 1. The van der Waals surface area contributed by atoms with Crippen LogP contribution in [0.4, 0.5) is 4.39 Å². The molecule has 27 heavy (non-hydrogen) atoms. The zero-order valence-corrected chi connectivity index (χ0v) is 16.0. The van der Waals surface area contributed by atoms with Crippen LogP contribution in [0.2, 0.25) is 0 Å². The van der Waals surface area contributed by atoms with Crippen LogP contribution in [0.3, 0.4) is 0 Å². The Morgan fingerprint density at radius 2 is 2.19 bits per heavy atom. The van der Waals surface area contributed by atoms with Crippen LogP contribution in [-0.2, 0) is 16.1 Å². The minimum absolute atomic E-state index is 0.0122. The van der Waals surface area contributed by atoms with E-state index in [1.54, 1.807) is 6.07 Å². The second-order valence-electron chi connectivity index (χ2n) is 7.14. The lowest BCUT2D eigenvalue weighted by atomic mass is 9.91. The van der Waals surface area contributed by atoms with Crippen molar-refractivity contribution >= 4 is 11.8 Å². The maximum absolute atomic E-state index is 14.1. The lowest BCUT2D eigenvalue weighted by Crippen LogP contribution is -2.58. The number of likely N-dealkylation sites (tertiary alicyclic amines) is 1. The maximum atomic E-state index is 14.1. The van der Waals surface area contributed by atoms with Gasteiger partial charge in [0.2, 0.25) is 5.91 Å². The van der Waals surface area contributed by atoms with Crippen LogP contribution in [0.5, 0.6) is 5.75 Å². The normalized spacial score (nSPS) is 20.1. The molecule has 2 amide bonds. The van der Waals surface area contributed by atoms with Gasteiger partial charge < -0.3 is 25.4 Å². The van der Waals surface area contributed by atoms with Crippen LogP contribution in [0.1, 0.15) is 32.3 Å². The van der Waals surface area contributed by atoms with Gasteiger partial charge in [0.05, 0.1) is 13.7 Å². The Balaban J connectivity index is 1.99. The van der Waals surface area contributed by atoms with Crippen LogP contribution in [-0.4, -0.2) is 60.2 Å². The van der Waals surface area contributed by atoms with Crippen molar-refractivity contribution in [3.63, 3.8) is 0 Å². The van der Waals surface area contributed by atoms with Gasteiger partial charge in [-0.1, -0.05) is 0 Å². The number of aliphatic hydroxyl groups is 1. The molecule has 0 saturated carbocycles. The monoisotopic (exact) mass is 381 g/mol. The Morgan fingerprint density at radius 3 is 2.85 bits per heavy atom. The molecule has 7 nitrogen and oxygen atoms in total. The summed E-state index contributed by atoms with van der Waals surface area (Å²) in [7, 11) is 1.49. The zero-order valence-electron chi connectivity index (χ0n) is 16.0. The topological polar surface area (TPSA) is 90.9 Å². The Kier molecular flexibility index (Phi) is 7.15. The fraction of sp³-hybridized carbons (Fsp3) is 0.579. The molecule has 1 atom stereocenters. The highest BCUT2D eigenvalue weighted by Crippen LogP contribution is 2.25. The maximum Gasteiger partial charge on any atom is 0.256 e. The Morgan fingerprint density at radius 1 is 1.44 bits per heavy atom. The summed E-state index contributed by atoms with van der Waals surface area (Å²) in [5.74, 6) is -0.593. The molecule has 1 aromatic rings. The Bertz CT molecular complexity index is 683. The molecular weight excluding hydrogens is 353 g/mol. The quantitative estimate of drug-likeness (QED) is 0.620. The van der Waals surface area contributed by atoms with Crippen LogP contribution in [0, 0.1) is 5.82 Å². The number of ether oxygens (including phenoxy) is 1. The number of hydrogen-bond donors (Lipinski definition) is 3. The van der Waals surface area contributed by atoms with Crippen molar-refractivity contribution in [2.45, 2.75) is 44.9 Å². The van der Waals surface area contributed by atoms with E-state index < -0.39 is 17.3 Å². The summed E-state index contributed by atoms with van der Waals surface area (Å²) in [6.07, 6.45) is 0.884. The van der Waals surface area contributed by atoms with Crippen molar-refractivity contribution in [1.82, 2.24) is 15.5 Å². The fourth-order valence-corrected chi connectivity index (χ4v) is 3.14. The molecule has 150 valence electrons. The van der Waals surface area contributed by atoms with E-state index in [2.05, 4.69) is 10.6 Å². The van der Waals surface area contributed by atoms with Gasteiger partial charge in [-0.3, -0.25) is 9.59 Å². The van der Waals surface area contributed by atoms with Gasteiger partial charge in [0, 0.05) is 31.2 Å². The summed E-state index contributed by atoms with van der Waals surface area (Å²) >= 11 is 0. The van der Waals surface area contributed by atoms with Gasteiger partial charge in [0.25, 0.3) is 5.91 Å². The SMILES string of the molecule is COc1ccc(F)c(CN2CCC[C@@](O)(CNCC(=O)NC(C)C)C2=O)c1. The van der Waals surface area contributed by atoms with Gasteiger partial charge in [-0.05, 0) is 44.9 Å². The molecule has 0 aliphatic carbocycles. The molecule has 1 aromatic carbocycles. The molecule has 1 fully saturated rings. The molecule has 0 unspecified atom stereocenters. The summed E-state index contributed by atoms with van der Waals surface area (Å²) in [6.45, 7) is 4.17. The summed E-state index contributed by atoms with van der Waals surface area (Å²) < 4.78 is 19.2. The first kappa shape index (κ1) is 21.1. The minimum Gasteiger partial charge on any atom is -0.497 e. The number of halogens is 1. The number of hydrogen-bond acceptors (Lipinski definition) is 5. The standard InChI is InChI=1S/C19H28FN3O4/c1-13(2)22-17(24)10-21-12-19(26)7-4-8-23(18(19)25)11-14-9-15(27-3)5-6-16(14)20/h5-6,9,13,21,26H,4,7-8,10-12H2,1-3H3,(H,22,24)/t19-/m1/s1.